The number of piperidine rings is 2. The molecule has 1 aromatic rings. The van der Waals surface area contributed by atoms with Crippen LogP contribution in [0.5, 0.6) is 5.75 Å². The van der Waals surface area contributed by atoms with Gasteiger partial charge in [0.1, 0.15) is 11.9 Å². The summed E-state index contributed by atoms with van der Waals surface area (Å²) in [6.07, 6.45) is 2.02. The maximum Gasteiger partial charge on any atom is 0.226 e. The summed E-state index contributed by atoms with van der Waals surface area (Å²) in [4.78, 5) is 14.6. The molecule has 0 aromatic heterocycles. The molecule has 1 unspecified atom stereocenters. The van der Waals surface area contributed by atoms with Crippen molar-refractivity contribution in [1.82, 2.24) is 10.2 Å². The molecule has 2 saturated heterocycles. The Bertz CT molecular complexity index is 544. The van der Waals surface area contributed by atoms with Crippen molar-refractivity contribution in [2.24, 2.45) is 17.8 Å². The van der Waals surface area contributed by atoms with Gasteiger partial charge in [-0.05, 0) is 49.2 Å². The minimum absolute atomic E-state index is 0.200. The van der Waals surface area contributed by atoms with E-state index in [2.05, 4.69) is 5.32 Å². The summed E-state index contributed by atoms with van der Waals surface area (Å²) in [5.74, 6) is 2.75. The van der Waals surface area contributed by atoms with Gasteiger partial charge in [-0.1, -0.05) is 11.6 Å². The van der Waals surface area contributed by atoms with Gasteiger partial charge in [0.05, 0.1) is 0 Å². The summed E-state index contributed by atoms with van der Waals surface area (Å²) in [7, 11) is 0. The normalized spacial score (nSPS) is 31.0. The van der Waals surface area contributed by atoms with E-state index < -0.39 is 0 Å². The van der Waals surface area contributed by atoms with Crippen molar-refractivity contribution in [2.45, 2.75) is 18.9 Å². The highest BCUT2D eigenvalue weighted by molar-refractivity contribution is 6.30. The number of benzene rings is 1. The van der Waals surface area contributed by atoms with E-state index in [0.717, 1.165) is 49.8 Å². The Hall–Kier alpha value is -1.26. The standard InChI is InChI=1S/C17H21ClN2O2/c18-11-1-3-12(4-2-11)22-13-5-7-20(8-6-13)17(21)16-14-9-19-10-15(14)16/h1-4,13-16,19H,5-10H2/t14-,15+,16?. The first kappa shape index (κ1) is 14.3. The number of amides is 1. The van der Waals surface area contributed by atoms with E-state index in [1.54, 1.807) is 0 Å². The summed E-state index contributed by atoms with van der Waals surface area (Å²) < 4.78 is 5.98. The molecule has 3 fully saturated rings. The van der Waals surface area contributed by atoms with Crippen LogP contribution in [0.3, 0.4) is 0 Å². The molecule has 2 heterocycles. The number of likely N-dealkylation sites (tertiary alicyclic amines) is 1. The second kappa shape index (κ2) is 5.74. The van der Waals surface area contributed by atoms with Gasteiger partial charge in [0.15, 0.2) is 0 Å². The first-order chi connectivity index (χ1) is 10.7. The Labute approximate surface area is 135 Å². The first-order valence-electron chi connectivity index (χ1n) is 8.14. The molecule has 1 amide bonds. The molecule has 4 rings (SSSR count). The van der Waals surface area contributed by atoms with Crippen LogP contribution in [0.1, 0.15) is 12.8 Å². The molecule has 1 saturated carbocycles. The summed E-state index contributed by atoms with van der Waals surface area (Å²) in [5.41, 5.74) is 0. The number of ether oxygens (including phenoxy) is 1. The van der Waals surface area contributed by atoms with Crippen molar-refractivity contribution in [2.75, 3.05) is 26.2 Å². The van der Waals surface area contributed by atoms with Crippen LogP contribution in [0.2, 0.25) is 5.02 Å². The van der Waals surface area contributed by atoms with Gasteiger partial charge >= 0.3 is 0 Å². The lowest BCUT2D eigenvalue weighted by atomic mass is 10.1. The van der Waals surface area contributed by atoms with Crippen molar-refractivity contribution in [1.29, 1.82) is 0 Å². The lowest BCUT2D eigenvalue weighted by Gasteiger charge is -2.32. The number of fused-ring (bicyclic) bond motifs is 1. The van der Waals surface area contributed by atoms with E-state index in [0.29, 0.717) is 23.7 Å². The van der Waals surface area contributed by atoms with Gasteiger partial charge in [0.25, 0.3) is 0 Å². The van der Waals surface area contributed by atoms with Crippen molar-refractivity contribution >= 4 is 17.5 Å². The average Bonchev–Trinajstić information content (AvgIpc) is 3.01. The number of rotatable bonds is 3. The van der Waals surface area contributed by atoms with Gasteiger partial charge in [-0.2, -0.15) is 0 Å². The minimum atomic E-state index is 0.200. The number of carbonyl (C=O) groups excluding carboxylic acids is 1. The zero-order valence-electron chi connectivity index (χ0n) is 12.5. The Balaban J connectivity index is 1.27. The van der Waals surface area contributed by atoms with E-state index in [1.165, 1.54) is 0 Å². The second-order valence-corrected chi connectivity index (χ2v) is 7.04. The first-order valence-corrected chi connectivity index (χ1v) is 8.52. The third-order valence-corrected chi connectivity index (χ3v) is 5.50. The van der Waals surface area contributed by atoms with Crippen molar-refractivity contribution < 1.29 is 9.53 Å². The third kappa shape index (κ3) is 2.70. The number of carbonyl (C=O) groups is 1. The zero-order valence-corrected chi connectivity index (χ0v) is 13.3. The van der Waals surface area contributed by atoms with Gasteiger partial charge in [0, 0.05) is 36.9 Å². The Morgan fingerprint density at radius 2 is 1.77 bits per heavy atom. The number of hydrogen-bond acceptors (Lipinski definition) is 3. The molecule has 4 nitrogen and oxygen atoms in total. The fourth-order valence-electron chi connectivity index (χ4n) is 3.90. The molecule has 1 aromatic carbocycles. The third-order valence-electron chi connectivity index (χ3n) is 5.25. The number of hydrogen-bond donors (Lipinski definition) is 1. The molecule has 118 valence electrons. The molecule has 0 bridgehead atoms. The van der Waals surface area contributed by atoms with Crippen LogP contribution < -0.4 is 10.1 Å². The summed E-state index contributed by atoms with van der Waals surface area (Å²) in [6, 6.07) is 7.49. The highest BCUT2D eigenvalue weighted by atomic mass is 35.5. The largest absolute Gasteiger partial charge is 0.490 e. The molecule has 0 radical (unpaired) electrons. The molecular formula is C17H21ClN2O2. The van der Waals surface area contributed by atoms with Gasteiger partial charge in [0.2, 0.25) is 5.91 Å². The number of halogens is 1. The number of nitrogens with zero attached hydrogens (tertiary/aromatic N) is 1. The molecule has 0 spiro atoms. The Kier molecular flexibility index (Phi) is 3.74. The monoisotopic (exact) mass is 320 g/mol. The summed E-state index contributed by atoms with van der Waals surface area (Å²) in [6.45, 7) is 3.69. The molecule has 3 aliphatic rings. The van der Waals surface area contributed by atoms with Crippen molar-refractivity contribution in [3.8, 4) is 5.75 Å². The molecule has 5 heteroatoms. The van der Waals surface area contributed by atoms with E-state index in [1.807, 2.05) is 29.2 Å². The van der Waals surface area contributed by atoms with Crippen LogP contribution in [0.25, 0.3) is 0 Å². The highest BCUT2D eigenvalue weighted by Gasteiger charge is 2.57. The number of nitrogens with one attached hydrogen (secondary N) is 1. The average molecular weight is 321 g/mol. The zero-order chi connectivity index (χ0) is 15.1. The van der Waals surface area contributed by atoms with Crippen LogP contribution in [0, 0.1) is 17.8 Å². The van der Waals surface area contributed by atoms with Crippen LogP contribution in [0.15, 0.2) is 24.3 Å². The molecule has 1 N–H and O–H groups in total. The van der Waals surface area contributed by atoms with E-state index in [4.69, 9.17) is 16.3 Å². The molecule has 1 aliphatic carbocycles. The molecule has 3 atom stereocenters. The molecular weight excluding hydrogens is 300 g/mol. The molecule has 2 aliphatic heterocycles. The predicted octanol–water partition coefficient (Wildman–Crippen LogP) is 2.18. The van der Waals surface area contributed by atoms with Gasteiger partial charge in [-0.25, -0.2) is 0 Å². The SMILES string of the molecule is O=C(C1[C@H]2CNC[C@@H]12)N1CCC(Oc2ccc(Cl)cc2)CC1. The summed E-state index contributed by atoms with van der Waals surface area (Å²) in [5, 5.41) is 4.07. The van der Waals surface area contributed by atoms with Crippen molar-refractivity contribution in [3.63, 3.8) is 0 Å². The smallest absolute Gasteiger partial charge is 0.226 e. The maximum absolute atomic E-state index is 12.5. The van der Waals surface area contributed by atoms with Crippen LogP contribution >= 0.6 is 11.6 Å². The fourth-order valence-corrected chi connectivity index (χ4v) is 4.02. The van der Waals surface area contributed by atoms with Crippen LogP contribution in [-0.4, -0.2) is 43.1 Å². The lowest BCUT2D eigenvalue weighted by molar-refractivity contribution is -0.135. The quantitative estimate of drug-likeness (QED) is 0.928. The predicted molar refractivity (Wildman–Crippen MR) is 85.0 cm³/mol. The Morgan fingerprint density at radius 1 is 1.14 bits per heavy atom. The van der Waals surface area contributed by atoms with E-state index in [-0.39, 0.29) is 6.10 Å². The maximum atomic E-state index is 12.5. The fraction of sp³-hybridized carbons (Fsp3) is 0.588. The van der Waals surface area contributed by atoms with Gasteiger partial charge < -0.3 is 15.0 Å². The van der Waals surface area contributed by atoms with E-state index in [9.17, 15) is 4.79 Å². The highest BCUT2D eigenvalue weighted by Crippen LogP contribution is 2.49. The van der Waals surface area contributed by atoms with Gasteiger partial charge in [-0.15, -0.1) is 0 Å². The van der Waals surface area contributed by atoms with Crippen LogP contribution in [0.4, 0.5) is 0 Å². The second-order valence-electron chi connectivity index (χ2n) is 6.61. The lowest BCUT2D eigenvalue weighted by Crippen LogP contribution is -2.43. The van der Waals surface area contributed by atoms with Crippen molar-refractivity contribution in [3.05, 3.63) is 29.3 Å². The van der Waals surface area contributed by atoms with Gasteiger partial charge in [-0.3, -0.25) is 4.79 Å². The minimum Gasteiger partial charge on any atom is -0.490 e. The molecule has 22 heavy (non-hydrogen) atoms. The Morgan fingerprint density at radius 3 is 2.41 bits per heavy atom. The topological polar surface area (TPSA) is 41.6 Å². The van der Waals surface area contributed by atoms with Crippen LogP contribution in [-0.2, 0) is 4.79 Å². The summed E-state index contributed by atoms with van der Waals surface area (Å²) >= 11 is 5.88. The van der Waals surface area contributed by atoms with E-state index >= 15 is 0 Å².